The van der Waals surface area contributed by atoms with E-state index in [1.165, 1.54) is 46.8 Å². The fourth-order valence-corrected chi connectivity index (χ4v) is 3.96. The minimum Gasteiger partial charge on any atom is -0.455 e. The molecule has 28 heavy (non-hydrogen) atoms. The molecule has 2 aromatic carbocycles. The SMILES string of the molecule is CCN(CC)S(=O)(=O)c1ccc(Oc2ccc(F)cc2)c(NC(=O)C(C)C)c1. The van der Waals surface area contributed by atoms with Gasteiger partial charge in [0.25, 0.3) is 0 Å². The van der Waals surface area contributed by atoms with Crippen LogP contribution in [0, 0.1) is 11.7 Å². The van der Waals surface area contributed by atoms with E-state index in [4.69, 9.17) is 4.74 Å². The van der Waals surface area contributed by atoms with Gasteiger partial charge in [-0.3, -0.25) is 4.79 Å². The molecule has 2 rings (SSSR count). The van der Waals surface area contributed by atoms with Gasteiger partial charge in [-0.1, -0.05) is 27.7 Å². The normalized spacial score (nSPS) is 11.7. The van der Waals surface area contributed by atoms with Crippen molar-refractivity contribution in [2.45, 2.75) is 32.6 Å². The van der Waals surface area contributed by atoms with Crippen LogP contribution in [0.5, 0.6) is 11.5 Å². The molecule has 0 aliphatic heterocycles. The lowest BCUT2D eigenvalue weighted by atomic mass is 10.2. The van der Waals surface area contributed by atoms with E-state index in [0.29, 0.717) is 18.8 Å². The first kappa shape index (κ1) is 21.8. The monoisotopic (exact) mass is 408 g/mol. The topological polar surface area (TPSA) is 75.7 Å². The summed E-state index contributed by atoms with van der Waals surface area (Å²) in [6.07, 6.45) is 0. The molecule has 0 aliphatic rings. The molecule has 0 radical (unpaired) electrons. The first-order valence-electron chi connectivity index (χ1n) is 9.07. The number of carbonyl (C=O) groups is 1. The Kier molecular flexibility index (Phi) is 7.15. The second-order valence-corrected chi connectivity index (χ2v) is 8.39. The molecule has 0 spiro atoms. The molecule has 6 nitrogen and oxygen atoms in total. The second-order valence-electron chi connectivity index (χ2n) is 6.45. The number of amides is 1. The Labute approximate surface area is 165 Å². The van der Waals surface area contributed by atoms with E-state index in [9.17, 15) is 17.6 Å². The van der Waals surface area contributed by atoms with E-state index in [2.05, 4.69) is 5.32 Å². The summed E-state index contributed by atoms with van der Waals surface area (Å²) < 4.78 is 45.8. The molecule has 0 bridgehead atoms. The van der Waals surface area contributed by atoms with Crippen LogP contribution in [0.25, 0.3) is 0 Å². The molecule has 152 valence electrons. The fraction of sp³-hybridized carbons (Fsp3) is 0.350. The maximum atomic E-state index is 13.1. The number of hydrogen-bond acceptors (Lipinski definition) is 4. The second kappa shape index (κ2) is 9.16. The quantitative estimate of drug-likeness (QED) is 0.709. The molecular weight excluding hydrogens is 383 g/mol. The summed E-state index contributed by atoms with van der Waals surface area (Å²) in [5, 5.41) is 2.71. The molecule has 0 heterocycles. The van der Waals surface area contributed by atoms with Gasteiger partial charge in [0.05, 0.1) is 10.6 Å². The highest BCUT2D eigenvalue weighted by Gasteiger charge is 2.24. The zero-order chi connectivity index (χ0) is 20.9. The molecule has 8 heteroatoms. The van der Waals surface area contributed by atoms with Crippen molar-refractivity contribution in [3.05, 3.63) is 48.3 Å². The Bertz CT molecular complexity index is 924. The first-order chi connectivity index (χ1) is 13.2. The molecule has 1 N–H and O–H groups in total. The number of hydrogen-bond donors (Lipinski definition) is 1. The van der Waals surface area contributed by atoms with E-state index in [1.54, 1.807) is 27.7 Å². The molecule has 0 atom stereocenters. The van der Waals surface area contributed by atoms with Crippen LogP contribution in [0.4, 0.5) is 10.1 Å². The number of rotatable bonds is 8. The molecule has 0 saturated heterocycles. The van der Waals surface area contributed by atoms with Gasteiger partial charge in [0.1, 0.15) is 11.6 Å². The van der Waals surface area contributed by atoms with Gasteiger partial charge in [-0.25, -0.2) is 12.8 Å². The third-order valence-electron chi connectivity index (χ3n) is 4.12. The van der Waals surface area contributed by atoms with Gasteiger partial charge >= 0.3 is 0 Å². The average molecular weight is 408 g/mol. The fourth-order valence-electron chi connectivity index (χ4n) is 2.48. The van der Waals surface area contributed by atoms with Gasteiger partial charge < -0.3 is 10.1 Å². The van der Waals surface area contributed by atoms with Crippen LogP contribution in [0.3, 0.4) is 0 Å². The van der Waals surface area contributed by atoms with E-state index >= 15 is 0 Å². The van der Waals surface area contributed by atoms with Crippen molar-refractivity contribution in [2.75, 3.05) is 18.4 Å². The lowest BCUT2D eigenvalue weighted by Gasteiger charge is -2.20. The average Bonchev–Trinajstić information content (AvgIpc) is 2.65. The summed E-state index contributed by atoms with van der Waals surface area (Å²) >= 11 is 0. The molecule has 1 amide bonds. The Morgan fingerprint density at radius 2 is 1.71 bits per heavy atom. The van der Waals surface area contributed by atoms with Crippen molar-refractivity contribution in [3.63, 3.8) is 0 Å². The highest BCUT2D eigenvalue weighted by molar-refractivity contribution is 7.89. The minimum atomic E-state index is -3.70. The lowest BCUT2D eigenvalue weighted by molar-refractivity contribution is -0.118. The van der Waals surface area contributed by atoms with Crippen molar-refractivity contribution in [1.82, 2.24) is 4.31 Å². The lowest BCUT2D eigenvalue weighted by Crippen LogP contribution is -2.30. The molecule has 0 aliphatic carbocycles. The molecule has 0 aromatic heterocycles. The summed E-state index contributed by atoms with van der Waals surface area (Å²) in [5.74, 6) is -0.357. The molecule has 2 aromatic rings. The standard InChI is InChI=1S/C20H25FN2O4S/c1-5-23(6-2)28(25,26)17-11-12-19(18(13-17)22-20(24)14(3)4)27-16-9-7-15(21)8-10-16/h7-14H,5-6H2,1-4H3,(H,22,24). The maximum absolute atomic E-state index is 13.1. The van der Waals surface area contributed by atoms with E-state index < -0.39 is 15.8 Å². The van der Waals surface area contributed by atoms with E-state index in [0.717, 1.165) is 0 Å². The van der Waals surface area contributed by atoms with E-state index in [1.807, 2.05) is 0 Å². The van der Waals surface area contributed by atoms with Crippen LogP contribution in [-0.4, -0.2) is 31.7 Å². The van der Waals surface area contributed by atoms with E-state index in [-0.39, 0.29) is 28.2 Å². The van der Waals surface area contributed by atoms with Gasteiger partial charge in [0, 0.05) is 19.0 Å². The van der Waals surface area contributed by atoms with Crippen LogP contribution >= 0.6 is 0 Å². The maximum Gasteiger partial charge on any atom is 0.243 e. The summed E-state index contributed by atoms with van der Waals surface area (Å²) in [4.78, 5) is 12.2. The zero-order valence-corrected chi connectivity index (χ0v) is 17.2. The number of sulfonamides is 1. The highest BCUT2D eigenvalue weighted by atomic mass is 32.2. The number of nitrogens with zero attached hydrogens (tertiary/aromatic N) is 1. The smallest absolute Gasteiger partial charge is 0.243 e. The third kappa shape index (κ3) is 5.08. The van der Waals surface area contributed by atoms with Gasteiger partial charge in [-0.05, 0) is 42.5 Å². The van der Waals surface area contributed by atoms with Crippen LogP contribution in [-0.2, 0) is 14.8 Å². The summed E-state index contributed by atoms with van der Waals surface area (Å²) in [6, 6.07) is 9.69. The molecule has 0 fully saturated rings. The predicted octanol–water partition coefficient (Wildman–Crippen LogP) is 4.24. The Morgan fingerprint density at radius 3 is 2.25 bits per heavy atom. The Balaban J connectivity index is 2.47. The van der Waals surface area contributed by atoms with Crippen molar-refractivity contribution in [3.8, 4) is 11.5 Å². The summed E-state index contributed by atoms with van der Waals surface area (Å²) in [5.41, 5.74) is 0.233. The van der Waals surface area contributed by atoms with Crippen molar-refractivity contribution >= 4 is 21.6 Å². The number of nitrogens with one attached hydrogen (secondary N) is 1. The Hall–Kier alpha value is -2.45. The van der Waals surface area contributed by atoms with Crippen LogP contribution in [0.2, 0.25) is 0 Å². The highest BCUT2D eigenvalue weighted by Crippen LogP contribution is 2.33. The summed E-state index contributed by atoms with van der Waals surface area (Å²) in [6.45, 7) is 7.64. The Morgan fingerprint density at radius 1 is 1.11 bits per heavy atom. The molecule has 0 saturated carbocycles. The third-order valence-corrected chi connectivity index (χ3v) is 6.16. The van der Waals surface area contributed by atoms with Crippen LogP contribution < -0.4 is 10.1 Å². The molecule has 0 unspecified atom stereocenters. The summed E-state index contributed by atoms with van der Waals surface area (Å²) in [7, 11) is -3.70. The van der Waals surface area contributed by atoms with Gasteiger partial charge in [-0.15, -0.1) is 0 Å². The number of anilines is 1. The van der Waals surface area contributed by atoms with Gasteiger partial charge in [0.2, 0.25) is 15.9 Å². The van der Waals surface area contributed by atoms with Gasteiger partial charge in [0.15, 0.2) is 5.75 Å². The number of ether oxygens (including phenoxy) is 1. The van der Waals surface area contributed by atoms with Crippen molar-refractivity contribution < 1.29 is 22.3 Å². The van der Waals surface area contributed by atoms with Crippen molar-refractivity contribution in [2.24, 2.45) is 5.92 Å². The number of halogens is 1. The van der Waals surface area contributed by atoms with Gasteiger partial charge in [-0.2, -0.15) is 4.31 Å². The number of carbonyl (C=O) groups excluding carboxylic acids is 1. The molecular formula is C20H25FN2O4S. The predicted molar refractivity (Wildman–Crippen MR) is 106 cm³/mol. The zero-order valence-electron chi connectivity index (χ0n) is 16.4. The number of benzene rings is 2. The van der Waals surface area contributed by atoms with Crippen molar-refractivity contribution in [1.29, 1.82) is 0 Å². The largest absolute Gasteiger partial charge is 0.455 e. The van der Waals surface area contributed by atoms with Crippen LogP contribution in [0.15, 0.2) is 47.4 Å². The van der Waals surface area contributed by atoms with Crippen LogP contribution in [0.1, 0.15) is 27.7 Å². The minimum absolute atomic E-state index is 0.0571. The first-order valence-corrected chi connectivity index (χ1v) is 10.5.